The highest BCUT2D eigenvalue weighted by Crippen LogP contribution is 2.35. The molecule has 3 heterocycles. The van der Waals surface area contributed by atoms with Gasteiger partial charge in [-0.05, 0) is 38.0 Å². The third-order valence-electron chi connectivity index (χ3n) is 5.89. The highest BCUT2D eigenvalue weighted by atomic mass is 16.7. The van der Waals surface area contributed by atoms with Crippen molar-refractivity contribution in [2.75, 3.05) is 0 Å². The summed E-state index contributed by atoms with van der Waals surface area (Å²) in [6.07, 6.45) is 7.06. The van der Waals surface area contributed by atoms with Gasteiger partial charge in [-0.15, -0.1) is 0 Å². The van der Waals surface area contributed by atoms with E-state index in [2.05, 4.69) is 38.5 Å². The molecule has 4 aromatic rings. The van der Waals surface area contributed by atoms with Crippen LogP contribution in [0.15, 0.2) is 64.6 Å². The number of fused-ring (bicyclic) bond motifs is 3. The van der Waals surface area contributed by atoms with Gasteiger partial charge in [0.25, 0.3) is 0 Å². The Kier molecular flexibility index (Phi) is 4.50. The van der Waals surface area contributed by atoms with E-state index in [0.29, 0.717) is 0 Å². The van der Waals surface area contributed by atoms with E-state index in [1.165, 1.54) is 12.0 Å². The van der Waals surface area contributed by atoms with Gasteiger partial charge >= 0.3 is 5.97 Å². The Labute approximate surface area is 173 Å². The van der Waals surface area contributed by atoms with Crippen molar-refractivity contribution < 1.29 is 14.0 Å². The molecule has 0 saturated carbocycles. The minimum absolute atomic E-state index is 0.0978. The molecule has 1 aliphatic rings. The Bertz CT molecular complexity index is 1250. The maximum absolute atomic E-state index is 12.4. The molecule has 0 bridgehead atoms. The SMILES string of the molecule is Cc1nccn1CC1CCc2c(c3ccccc3n2C)C1=NOC(=O)c1ccco1. The first kappa shape index (κ1) is 18.4. The number of furan rings is 1. The molecule has 7 heteroatoms. The summed E-state index contributed by atoms with van der Waals surface area (Å²) in [7, 11) is 2.08. The summed E-state index contributed by atoms with van der Waals surface area (Å²) in [6.45, 7) is 2.71. The fraction of sp³-hybridized carbons (Fsp3) is 0.261. The molecule has 1 aromatic carbocycles. The molecular formula is C23H22N4O3. The molecule has 0 spiro atoms. The van der Waals surface area contributed by atoms with Crippen LogP contribution in [0.25, 0.3) is 10.9 Å². The Morgan fingerprint density at radius 3 is 2.93 bits per heavy atom. The molecule has 5 rings (SSSR count). The van der Waals surface area contributed by atoms with E-state index in [-0.39, 0.29) is 11.7 Å². The Balaban J connectivity index is 1.59. The number of nitrogens with zero attached hydrogens (tertiary/aromatic N) is 4. The lowest BCUT2D eigenvalue weighted by Crippen LogP contribution is -2.28. The van der Waals surface area contributed by atoms with Gasteiger partial charge in [-0.1, -0.05) is 23.4 Å². The molecule has 7 nitrogen and oxygen atoms in total. The smallest absolute Gasteiger partial charge is 0.400 e. The summed E-state index contributed by atoms with van der Waals surface area (Å²) in [5, 5.41) is 5.52. The molecule has 0 radical (unpaired) electrons. The first-order chi connectivity index (χ1) is 14.6. The lowest BCUT2D eigenvalue weighted by atomic mass is 9.84. The van der Waals surface area contributed by atoms with Crippen LogP contribution in [0.2, 0.25) is 0 Å². The number of hydrogen-bond acceptors (Lipinski definition) is 5. The van der Waals surface area contributed by atoms with Crippen LogP contribution in [-0.4, -0.2) is 25.8 Å². The molecule has 0 amide bonds. The molecular weight excluding hydrogens is 380 g/mol. The van der Waals surface area contributed by atoms with Gasteiger partial charge < -0.3 is 18.4 Å². The second kappa shape index (κ2) is 7.33. The van der Waals surface area contributed by atoms with Crippen LogP contribution < -0.4 is 0 Å². The summed E-state index contributed by atoms with van der Waals surface area (Å²) in [4.78, 5) is 22.0. The zero-order valence-electron chi connectivity index (χ0n) is 16.9. The van der Waals surface area contributed by atoms with Crippen molar-refractivity contribution >= 4 is 22.6 Å². The maximum Gasteiger partial charge on any atom is 0.400 e. The van der Waals surface area contributed by atoms with Gasteiger partial charge in [0.2, 0.25) is 5.76 Å². The minimum Gasteiger partial charge on any atom is -0.457 e. The Morgan fingerprint density at radius 2 is 2.17 bits per heavy atom. The summed E-state index contributed by atoms with van der Waals surface area (Å²) in [5.74, 6) is 0.582. The number of oxime groups is 1. The standard InChI is InChI=1S/C23H22N4O3/c1-15-24-11-12-27(15)14-16-9-10-19-21(17-6-3-4-7-18(17)26(19)2)22(16)25-30-23(28)20-8-5-13-29-20/h3-8,11-13,16H,9-10,14H2,1-2H3. The number of benzene rings is 1. The largest absolute Gasteiger partial charge is 0.457 e. The van der Waals surface area contributed by atoms with Gasteiger partial charge in [0.05, 0.1) is 12.0 Å². The first-order valence-corrected chi connectivity index (χ1v) is 10.0. The van der Waals surface area contributed by atoms with Crippen molar-refractivity contribution in [3.8, 4) is 0 Å². The molecule has 0 fully saturated rings. The lowest BCUT2D eigenvalue weighted by Gasteiger charge is -2.25. The van der Waals surface area contributed by atoms with Crippen LogP contribution in [0.3, 0.4) is 0 Å². The van der Waals surface area contributed by atoms with Gasteiger partial charge in [-0.25, -0.2) is 9.78 Å². The number of hydrogen-bond donors (Lipinski definition) is 0. The molecule has 0 saturated heterocycles. The van der Waals surface area contributed by atoms with Crippen molar-refractivity contribution in [1.29, 1.82) is 0 Å². The van der Waals surface area contributed by atoms with Crippen molar-refractivity contribution in [2.45, 2.75) is 26.3 Å². The minimum atomic E-state index is -0.600. The van der Waals surface area contributed by atoms with E-state index in [9.17, 15) is 4.79 Å². The van der Waals surface area contributed by atoms with E-state index in [0.717, 1.165) is 47.4 Å². The fourth-order valence-corrected chi connectivity index (χ4v) is 4.34. The van der Waals surface area contributed by atoms with Crippen LogP contribution in [0, 0.1) is 12.8 Å². The molecule has 1 aliphatic carbocycles. The third-order valence-corrected chi connectivity index (χ3v) is 5.89. The monoisotopic (exact) mass is 402 g/mol. The van der Waals surface area contributed by atoms with E-state index < -0.39 is 5.97 Å². The number of aromatic nitrogens is 3. The number of rotatable bonds is 4. The predicted octanol–water partition coefficient (Wildman–Crippen LogP) is 4.10. The lowest BCUT2D eigenvalue weighted by molar-refractivity contribution is 0.0477. The van der Waals surface area contributed by atoms with Gasteiger partial charge in [0.1, 0.15) is 5.82 Å². The predicted molar refractivity (Wildman–Crippen MR) is 112 cm³/mol. The van der Waals surface area contributed by atoms with Crippen LogP contribution >= 0.6 is 0 Å². The van der Waals surface area contributed by atoms with E-state index >= 15 is 0 Å². The topological polar surface area (TPSA) is 74.6 Å². The summed E-state index contributed by atoms with van der Waals surface area (Å²) in [6, 6.07) is 11.5. The summed E-state index contributed by atoms with van der Waals surface area (Å²) < 4.78 is 9.48. The second-order valence-electron chi connectivity index (χ2n) is 7.59. The molecule has 0 aliphatic heterocycles. The number of carbonyl (C=O) groups is 1. The number of carbonyl (C=O) groups excluding carboxylic acids is 1. The number of para-hydroxylation sites is 1. The van der Waals surface area contributed by atoms with Crippen LogP contribution in [0.5, 0.6) is 0 Å². The highest BCUT2D eigenvalue weighted by molar-refractivity contribution is 6.14. The summed E-state index contributed by atoms with van der Waals surface area (Å²) in [5.41, 5.74) is 4.21. The fourth-order valence-electron chi connectivity index (χ4n) is 4.34. The quantitative estimate of drug-likeness (QED) is 0.380. The number of aryl methyl sites for hydroxylation is 2. The van der Waals surface area contributed by atoms with Gasteiger partial charge in [0, 0.05) is 54.1 Å². The van der Waals surface area contributed by atoms with E-state index in [4.69, 9.17) is 9.25 Å². The third kappa shape index (κ3) is 3.03. The summed E-state index contributed by atoms with van der Waals surface area (Å²) >= 11 is 0. The maximum atomic E-state index is 12.4. The average molecular weight is 402 g/mol. The van der Waals surface area contributed by atoms with Crippen molar-refractivity contribution in [3.63, 3.8) is 0 Å². The Morgan fingerprint density at radius 1 is 1.30 bits per heavy atom. The van der Waals surface area contributed by atoms with Crippen molar-refractivity contribution in [3.05, 3.63) is 77.9 Å². The molecule has 1 atom stereocenters. The average Bonchev–Trinajstić information content (AvgIpc) is 3.49. The molecule has 3 aromatic heterocycles. The van der Waals surface area contributed by atoms with Crippen molar-refractivity contribution in [1.82, 2.24) is 14.1 Å². The van der Waals surface area contributed by atoms with E-state index in [1.807, 2.05) is 25.3 Å². The highest BCUT2D eigenvalue weighted by Gasteiger charge is 2.32. The molecule has 0 N–H and O–H groups in total. The normalized spacial score (nSPS) is 17.4. The van der Waals surface area contributed by atoms with E-state index in [1.54, 1.807) is 18.3 Å². The Hall–Kier alpha value is -3.61. The first-order valence-electron chi connectivity index (χ1n) is 10.0. The molecule has 152 valence electrons. The van der Waals surface area contributed by atoms with Gasteiger partial charge in [0.15, 0.2) is 0 Å². The van der Waals surface area contributed by atoms with Crippen LogP contribution in [0.4, 0.5) is 0 Å². The molecule has 30 heavy (non-hydrogen) atoms. The van der Waals surface area contributed by atoms with Gasteiger partial charge in [-0.3, -0.25) is 0 Å². The van der Waals surface area contributed by atoms with Crippen LogP contribution in [0.1, 0.15) is 34.1 Å². The van der Waals surface area contributed by atoms with Gasteiger partial charge in [-0.2, -0.15) is 0 Å². The van der Waals surface area contributed by atoms with Crippen LogP contribution in [-0.2, 0) is 24.9 Å². The zero-order valence-corrected chi connectivity index (χ0v) is 16.9. The second-order valence-corrected chi connectivity index (χ2v) is 7.59. The zero-order chi connectivity index (χ0) is 20.7. The number of imidazole rings is 1. The molecule has 1 unspecified atom stereocenters. The van der Waals surface area contributed by atoms with Crippen molar-refractivity contribution in [2.24, 2.45) is 18.1 Å².